The maximum Gasteiger partial charge on any atom is 0.471 e. The average molecular weight is 241 g/mol. The number of halogens is 3. The molecule has 1 amide bonds. The van der Waals surface area contributed by atoms with Crippen LogP contribution in [0.1, 0.15) is 6.42 Å². The first-order chi connectivity index (χ1) is 7.32. The summed E-state index contributed by atoms with van der Waals surface area (Å²) in [5.74, 6) is -4.43. The monoisotopic (exact) mass is 241 g/mol. The summed E-state index contributed by atoms with van der Waals surface area (Å²) in [5.41, 5.74) is 0. The van der Waals surface area contributed by atoms with Crippen molar-refractivity contribution in [3.05, 3.63) is 0 Å². The zero-order valence-electron chi connectivity index (χ0n) is 8.08. The van der Waals surface area contributed by atoms with E-state index in [1.807, 2.05) is 0 Å². The minimum atomic E-state index is -5.01. The molecule has 5 nitrogen and oxygen atoms in total. The van der Waals surface area contributed by atoms with Gasteiger partial charge in [-0.1, -0.05) is 0 Å². The molecule has 1 heterocycles. The Kier molecular flexibility index (Phi) is 3.74. The van der Waals surface area contributed by atoms with Gasteiger partial charge in [-0.15, -0.1) is 0 Å². The molecule has 0 radical (unpaired) electrons. The number of carboxylic acid groups (broad SMARTS) is 1. The maximum absolute atomic E-state index is 11.9. The number of carbonyl (C=O) groups is 2. The van der Waals surface area contributed by atoms with E-state index in [1.54, 1.807) is 5.32 Å². The molecule has 8 heteroatoms. The molecule has 2 atom stereocenters. The second-order valence-electron chi connectivity index (χ2n) is 3.39. The van der Waals surface area contributed by atoms with Gasteiger partial charge in [-0.05, 0) is 6.42 Å². The van der Waals surface area contributed by atoms with E-state index in [0.717, 1.165) is 0 Å². The Labute approximate surface area is 88.6 Å². The molecule has 0 aromatic heterocycles. The summed E-state index contributed by atoms with van der Waals surface area (Å²) >= 11 is 0. The summed E-state index contributed by atoms with van der Waals surface area (Å²) in [5, 5.41) is 10.4. The number of hydrogen-bond acceptors (Lipinski definition) is 3. The van der Waals surface area contributed by atoms with E-state index in [4.69, 9.17) is 9.84 Å². The number of rotatable bonds is 2. The van der Waals surface area contributed by atoms with Gasteiger partial charge < -0.3 is 15.2 Å². The molecule has 0 unspecified atom stereocenters. The van der Waals surface area contributed by atoms with Crippen LogP contribution >= 0.6 is 0 Å². The Balaban J connectivity index is 2.63. The van der Waals surface area contributed by atoms with E-state index < -0.39 is 30.0 Å². The van der Waals surface area contributed by atoms with Crippen LogP contribution < -0.4 is 5.32 Å². The topological polar surface area (TPSA) is 75.6 Å². The lowest BCUT2D eigenvalue weighted by Crippen LogP contribution is -2.52. The lowest BCUT2D eigenvalue weighted by atomic mass is 9.95. The Bertz CT molecular complexity index is 291. The molecule has 1 aliphatic heterocycles. The van der Waals surface area contributed by atoms with E-state index in [-0.39, 0.29) is 19.6 Å². The van der Waals surface area contributed by atoms with Crippen molar-refractivity contribution >= 4 is 11.9 Å². The van der Waals surface area contributed by atoms with Gasteiger partial charge in [0, 0.05) is 6.61 Å². The van der Waals surface area contributed by atoms with E-state index in [1.165, 1.54) is 0 Å². The Morgan fingerprint density at radius 3 is 2.50 bits per heavy atom. The molecule has 0 aliphatic carbocycles. The number of carboxylic acids is 1. The molecule has 0 bridgehead atoms. The fraction of sp³-hybridized carbons (Fsp3) is 0.750. The molecule has 0 spiro atoms. The number of amides is 1. The summed E-state index contributed by atoms with van der Waals surface area (Å²) in [4.78, 5) is 21.3. The standard InChI is InChI=1S/C8H10F3NO4/c9-8(10,11)7(15)12-5-3-16-2-1-4(5)6(13)14/h4-5H,1-3H2,(H,12,15)(H,13,14)/t4-,5+/m1/s1. The summed E-state index contributed by atoms with van der Waals surface area (Å²) in [6.07, 6.45) is -4.93. The molecule has 16 heavy (non-hydrogen) atoms. The third-order valence-corrected chi connectivity index (χ3v) is 2.25. The number of nitrogens with one attached hydrogen (secondary N) is 1. The fourth-order valence-electron chi connectivity index (χ4n) is 1.43. The lowest BCUT2D eigenvalue weighted by Gasteiger charge is -2.29. The first-order valence-corrected chi connectivity index (χ1v) is 4.50. The van der Waals surface area contributed by atoms with Gasteiger partial charge in [0.15, 0.2) is 0 Å². The maximum atomic E-state index is 11.9. The van der Waals surface area contributed by atoms with E-state index in [0.29, 0.717) is 0 Å². The van der Waals surface area contributed by atoms with Crippen molar-refractivity contribution < 1.29 is 32.6 Å². The molecular formula is C8H10F3NO4. The number of alkyl halides is 3. The molecule has 2 N–H and O–H groups in total. The summed E-state index contributed by atoms with van der Waals surface area (Å²) in [7, 11) is 0. The molecule has 0 aromatic rings. The number of ether oxygens (including phenoxy) is 1. The molecule has 1 rings (SSSR count). The highest BCUT2D eigenvalue weighted by atomic mass is 19.4. The average Bonchev–Trinajstić information content (AvgIpc) is 2.16. The van der Waals surface area contributed by atoms with Crippen molar-refractivity contribution in [2.75, 3.05) is 13.2 Å². The second kappa shape index (κ2) is 4.69. The Morgan fingerprint density at radius 2 is 2.00 bits per heavy atom. The molecule has 1 saturated heterocycles. The van der Waals surface area contributed by atoms with Crippen molar-refractivity contribution in [1.29, 1.82) is 0 Å². The summed E-state index contributed by atoms with van der Waals surface area (Å²) < 4.78 is 40.6. The third kappa shape index (κ3) is 3.09. The van der Waals surface area contributed by atoms with Crippen LogP contribution in [0.5, 0.6) is 0 Å². The van der Waals surface area contributed by atoms with Gasteiger partial charge in [0.05, 0.1) is 18.6 Å². The molecule has 0 aromatic carbocycles. The first kappa shape index (κ1) is 12.8. The van der Waals surface area contributed by atoms with Crippen LogP contribution in [0.25, 0.3) is 0 Å². The van der Waals surface area contributed by atoms with Crippen LogP contribution in [0.3, 0.4) is 0 Å². The predicted octanol–water partition coefficient (Wildman–Crippen LogP) is 0.155. The highest BCUT2D eigenvalue weighted by Gasteiger charge is 2.42. The van der Waals surface area contributed by atoms with Gasteiger partial charge in [0.2, 0.25) is 0 Å². The van der Waals surface area contributed by atoms with Crippen LogP contribution in [0.2, 0.25) is 0 Å². The van der Waals surface area contributed by atoms with Gasteiger partial charge in [0.25, 0.3) is 0 Å². The quantitative estimate of drug-likeness (QED) is 0.721. The highest BCUT2D eigenvalue weighted by Crippen LogP contribution is 2.19. The summed E-state index contributed by atoms with van der Waals surface area (Å²) in [6, 6.07) is -1.14. The second-order valence-corrected chi connectivity index (χ2v) is 3.39. The van der Waals surface area contributed by atoms with Crippen LogP contribution in [-0.4, -0.2) is 42.4 Å². The number of carbonyl (C=O) groups excluding carboxylic acids is 1. The van der Waals surface area contributed by atoms with Crippen molar-refractivity contribution in [3.8, 4) is 0 Å². The van der Waals surface area contributed by atoms with Crippen molar-refractivity contribution in [2.45, 2.75) is 18.6 Å². The zero-order chi connectivity index (χ0) is 12.3. The van der Waals surface area contributed by atoms with Crippen molar-refractivity contribution in [1.82, 2.24) is 5.32 Å². The van der Waals surface area contributed by atoms with Crippen LogP contribution in [-0.2, 0) is 14.3 Å². The zero-order valence-corrected chi connectivity index (χ0v) is 8.08. The van der Waals surface area contributed by atoms with Crippen LogP contribution in [0.15, 0.2) is 0 Å². The Hall–Kier alpha value is -1.31. The van der Waals surface area contributed by atoms with Crippen LogP contribution in [0.4, 0.5) is 13.2 Å². The molecule has 0 saturated carbocycles. The van der Waals surface area contributed by atoms with Gasteiger partial charge in [-0.25, -0.2) is 0 Å². The van der Waals surface area contributed by atoms with E-state index in [2.05, 4.69) is 0 Å². The predicted molar refractivity (Wildman–Crippen MR) is 44.5 cm³/mol. The number of hydrogen-bond donors (Lipinski definition) is 2. The third-order valence-electron chi connectivity index (χ3n) is 2.25. The van der Waals surface area contributed by atoms with E-state index in [9.17, 15) is 22.8 Å². The summed E-state index contributed by atoms with van der Waals surface area (Å²) in [6.45, 7) is -0.0614. The van der Waals surface area contributed by atoms with Crippen LogP contribution in [0, 0.1) is 5.92 Å². The minimum absolute atomic E-state index is 0.0815. The Morgan fingerprint density at radius 1 is 1.38 bits per heavy atom. The van der Waals surface area contributed by atoms with Crippen molar-refractivity contribution in [3.63, 3.8) is 0 Å². The van der Waals surface area contributed by atoms with Gasteiger partial charge in [0.1, 0.15) is 0 Å². The largest absolute Gasteiger partial charge is 0.481 e. The lowest BCUT2D eigenvalue weighted by molar-refractivity contribution is -0.176. The smallest absolute Gasteiger partial charge is 0.471 e. The van der Waals surface area contributed by atoms with Crippen molar-refractivity contribution in [2.24, 2.45) is 5.92 Å². The molecular weight excluding hydrogens is 231 g/mol. The first-order valence-electron chi connectivity index (χ1n) is 4.50. The van der Waals surface area contributed by atoms with Gasteiger partial charge in [-0.3, -0.25) is 9.59 Å². The normalized spacial score (nSPS) is 26.2. The highest BCUT2D eigenvalue weighted by molar-refractivity contribution is 5.83. The molecule has 92 valence electrons. The molecule has 1 fully saturated rings. The molecule has 1 aliphatic rings. The SMILES string of the molecule is O=C(O)[C@@H]1CCOC[C@@H]1NC(=O)C(F)(F)F. The van der Waals surface area contributed by atoms with Gasteiger partial charge in [-0.2, -0.15) is 13.2 Å². The van der Waals surface area contributed by atoms with Gasteiger partial charge >= 0.3 is 18.1 Å². The number of aliphatic carboxylic acids is 1. The minimum Gasteiger partial charge on any atom is -0.481 e. The van der Waals surface area contributed by atoms with E-state index >= 15 is 0 Å². The fourth-order valence-corrected chi connectivity index (χ4v) is 1.43.